The molecule has 0 aromatic carbocycles. The Morgan fingerprint density at radius 1 is 1.31 bits per heavy atom. The number of halogens is 2. The minimum atomic E-state index is -0.413. The second-order valence-corrected chi connectivity index (χ2v) is 5.81. The summed E-state index contributed by atoms with van der Waals surface area (Å²) in [6.45, 7) is 0.836. The van der Waals surface area contributed by atoms with E-state index in [0.29, 0.717) is 28.3 Å². The molecule has 0 saturated heterocycles. The second kappa shape index (κ2) is 6.58. The first-order valence-electron chi connectivity index (χ1n) is 4.29. The number of rotatable bonds is 5. The van der Waals surface area contributed by atoms with Crippen molar-refractivity contribution in [3.8, 4) is 5.75 Å². The van der Waals surface area contributed by atoms with Crippen LogP contribution in [0.3, 0.4) is 0 Å². The van der Waals surface area contributed by atoms with Gasteiger partial charge in [0.15, 0.2) is 10.6 Å². The monoisotopic (exact) mass is 372 g/mol. The second-order valence-electron chi connectivity index (χ2n) is 2.68. The summed E-state index contributed by atoms with van der Waals surface area (Å²) < 4.78 is 16.5. The number of hydrogen-bond acceptors (Lipinski definition) is 5. The van der Waals surface area contributed by atoms with Gasteiger partial charge in [-0.15, -0.1) is 11.3 Å². The number of esters is 1. The van der Waals surface area contributed by atoms with E-state index in [1.807, 2.05) is 0 Å². The van der Waals surface area contributed by atoms with Crippen LogP contribution in [0.4, 0.5) is 0 Å². The summed E-state index contributed by atoms with van der Waals surface area (Å²) >= 11 is 7.93. The molecule has 1 heterocycles. The van der Waals surface area contributed by atoms with Crippen molar-refractivity contribution in [3.05, 3.63) is 13.1 Å². The number of methoxy groups -OCH3 is 2. The van der Waals surface area contributed by atoms with E-state index in [9.17, 15) is 4.79 Å². The predicted octanol–water partition coefficient (Wildman–Crippen LogP) is 3.08. The van der Waals surface area contributed by atoms with Crippen molar-refractivity contribution < 1.29 is 19.0 Å². The molecule has 0 aliphatic rings. The van der Waals surface area contributed by atoms with E-state index in [1.165, 1.54) is 18.4 Å². The Balaban J connectivity index is 2.90. The highest BCUT2D eigenvalue weighted by Gasteiger charge is 2.22. The maximum absolute atomic E-state index is 11.5. The smallest absolute Gasteiger partial charge is 0.351 e. The van der Waals surface area contributed by atoms with Crippen LogP contribution in [0.25, 0.3) is 0 Å². The Kier molecular flexibility index (Phi) is 5.74. The first-order valence-corrected chi connectivity index (χ1v) is 6.69. The van der Waals surface area contributed by atoms with E-state index in [-0.39, 0.29) is 0 Å². The molecule has 0 atom stereocenters. The molecular weight excluding hydrogens is 364 g/mol. The van der Waals surface area contributed by atoms with Gasteiger partial charge in [0.05, 0.1) is 22.0 Å². The molecule has 1 aromatic rings. The van der Waals surface area contributed by atoms with E-state index in [0.717, 1.165) is 3.79 Å². The maximum atomic E-state index is 11.5. The SMILES string of the molecule is COCCOc1c(C(=O)OC)sc(Br)c1Br. The molecule has 90 valence electrons. The molecule has 0 aliphatic heterocycles. The van der Waals surface area contributed by atoms with Crippen LogP contribution in [-0.2, 0) is 9.47 Å². The quantitative estimate of drug-likeness (QED) is 0.587. The number of hydrogen-bond donors (Lipinski definition) is 0. The van der Waals surface area contributed by atoms with Gasteiger partial charge < -0.3 is 14.2 Å². The number of ether oxygens (including phenoxy) is 3. The molecule has 0 bridgehead atoms. The summed E-state index contributed by atoms with van der Waals surface area (Å²) in [4.78, 5) is 11.9. The lowest BCUT2D eigenvalue weighted by Crippen LogP contribution is -2.07. The summed E-state index contributed by atoms with van der Waals surface area (Å²) in [6, 6.07) is 0. The van der Waals surface area contributed by atoms with Crippen molar-refractivity contribution >= 4 is 49.2 Å². The third-order valence-corrected chi connectivity index (χ3v) is 5.05. The van der Waals surface area contributed by atoms with Crippen LogP contribution in [0.5, 0.6) is 5.75 Å². The van der Waals surface area contributed by atoms with Gasteiger partial charge in [0.1, 0.15) is 6.61 Å². The molecule has 0 fully saturated rings. The minimum Gasteiger partial charge on any atom is -0.488 e. The first-order chi connectivity index (χ1) is 7.61. The first kappa shape index (κ1) is 14.0. The van der Waals surface area contributed by atoms with Gasteiger partial charge in [0.25, 0.3) is 0 Å². The lowest BCUT2D eigenvalue weighted by Gasteiger charge is -2.06. The summed E-state index contributed by atoms with van der Waals surface area (Å²) in [5.74, 6) is 0.0737. The van der Waals surface area contributed by atoms with Crippen LogP contribution in [0.1, 0.15) is 9.67 Å². The molecule has 4 nitrogen and oxygen atoms in total. The van der Waals surface area contributed by atoms with Crippen molar-refractivity contribution in [2.75, 3.05) is 27.4 Å². The lowest BCUT2D eigenvalue weighted by atomic mass is 10.4. The van der Waals surface area contributed by atoms with Gasteiger partial charge in [-0.2, -0.15) is 0 Å². The average molecular weight is 374 g/mol. The highest BCUT2D eigenvalue weighted by molar-refractivity contribution is 9.13. The Bertz CT molecular complexity index is 378. The van der Waals surface area contributed by atoms with Gasteiger partial charge in [-0.1, -0.05) is 0 Å². The van der Waals surface area contributed by atoms with Crippen LogP contribution in [0, 0.1) is 0 Å². The number of carbonyl (C=O) groups excluding carboxylic acids is 1. The summed E-state index contributed by atoms with van der Waals surface area (Å²) in [5.41, 5.74) is 0. The molecule has 1 rings (SSSR count). The molecule has 0 unspecified atom stereocenters. The van der Waals surface area contributed by atoms with Crippen molar-refractivity contribution in [3.63, 3.8) is 0 Å². The standard InChI is InChI=1S/C9H10Br2O4S/c1-13-3-4-15-6-5(10)8(11)16-7(6)9(12)14-2/h3-4H2,1-2H3. The third-order valence-electron chi connectivity index (χ3n) is 1.67. The zero-order valence-electron chi connectivity index (χ0n) is 8.71. The van der Waals surface area contributed by atoms with Gasteiger partial charge in [0, 0.05) is 7.11 Å². The fourth-order valence-corrected chi connectivity index (χ4v) is 3.09. The summed E-state index contributed by atoms with van der Waals surface area (Å²) in [6.07, 6.45) is 0. The van der Waals surface area contributed by atoms with E-state index in [2.05, 4.69) is 36.6 Å². The van der Waals surface area contributed by atoms with Crippen molar-refractivity contribution in [1.82, 2.24) is 0 Å². The number of carbonyl (C=O) groups is 1. The van der Waals surface area contributed by atoms with Gasteiger partial charge in [0.2, 0.25) is 0 Å². The molecule has 0 N–H and O–H groups in total. The van der Waals surface area contributed by atoms with Crippen molar-refractivity contribution in [2.45, 2.75) is 0 Å². The molecule has 0 spiro atoms. The van der Waals surface area contributed by atoms with Crippen molar-refractivity contribution in [1.29, 1.82) is 0 Å². The third kappa shape index (κ3) is 3.19. The molecule has 7 heteroatoms. The van der Waals surface area contributed by atoms with E-state index in [1.54, 1.807) is 7.11 Å². The Morgan fingerprint density at radius 2 is 2.00 bits per heavy atom. The molecule has 1 aromatic heterocycles. The Hall–Kier alpha value is -0.110. The van der Waals surface area contributed by atoms with Crippen LogP contribution in [-0.4, -0.2) is 33.4 Å². The largest absolute Gasteiger partial charge is 0.488 e. The molecule has 0 radical (unpaired) electrons. The van der Waals surface area contributed by atoms with Crippen LogP contribution < -0.4 is 4.74 Å². The average Bonchev–Trinajstić information content (AvgIpc) is 2.56. The van der Waals surface area contributed by atoms with Crippen LogP contribution in [0.15, 0.2) is 8.26 Å². The summed E-state index contributed by atoms with van der Waals surface area (Å²) in [7, 11) is 2.92. The lowest BCUT2D eigenvalue weighted by molar-refractivity contribution is 0.0600. The number of thiophene rings is 1. The Labute approximate surface area is 114 Å². The van der Waals surface area contributed by atoms with E-state index >= 15 is 0 Å². The summed E-state index contributed by atoms with van der Waals surface area (Å²) in [5, 5.41) is 0. The Morgan fingerprint density at radius 3 is 2.56 bits per heavy atom. The molecular formula is C9H10Br2O4S. The van der Waals surface area contributed by atoms with Gasteiger partial charge in [-0.25, -0.2) is 4.79 Å². The molecule has 0 amide bonds. The fourth-order valence-electron chi connectivity index (χ4n) is 0.953. The van der Waals surface area contributed by atoms with Gasteiger partial charge in [-0.05, 0) is 31.9 Å². The van der Waals surface area contributed by atoms with Crippen LogP contribution >= 0.6 is 43.2 Å². The topological polar surface area (TPSA) is 44.8 Å². The molecule has 0 saturated carbocycles. The normalized spacial score (nSPS) is 10.2. The van der Waals surface area contributed by atoms with Gasteiger partial charge in [-0.3, -0.25) is 0 Å². The highest BCUT2D eigenvalue weighted by Crippen LogP contribution is 2.43. The van der Waals surface area contributed by atoms with Gasteiger partial charge >= 0.3 is 5.97 Å². The van der Waals surface area contributed by atoms with Crippen LogP contribution in [0.2, 0.25) is 0 Å². The minimum absolute atomic E-state index is 0.377. The van der Waals surface area contributed by atoms with E-state index < -0.39 is 5.97 Å². The van der Waals surface area contributed by atoms with E-state index in [4.69, 9.17) is 9.47 Å². The zero-order valence-corrected chi connectivity index (χ0v) is 12.7. The molecule has 16 heavy (non-hydrogen) atoms. The fraction of sp³-hybridized carbons (Fsp3) is 0.444. The van der Waals surface area contributed by atoms with Crippen molar-refractivity contribution in [2.24, 2.45) is 0 Å². The zero-order chi connectivity index (χ0) is 12.1. The predicted molar refractivity (Wildman–Crippen MR) is 68.4 cm³/mol. The highest BCUT2D eigenvalue weighted by atomic mass is 79.9. The molecule has 0 aliphatic carbocycles. The maximum Gasteiger partial charge on any atom is 0.351 e.